The number of carbonyl (C=O) groups is 2. The summed E-state index contributed by atoms with van der Waals surface area (Å²) in [4.78, 5) is 22.8. The maximum absolute atomic E-state index is 11.5. The summed E-state index contributed by atoms with van der Waals surface area (Å²) in [5.74, 6) is -0.379. The maximum Gasteiger partial charge on any atom is 0.408 e. The van der Waals surface area contributed by atoms with E-state index in [-0.39, 0.29) is 12.0 Å². The fraction of sp³-hybridized carbons (Fsp3) is 0.692. The molecule has 1 N–H and O–H groups in total. The van der Waals surface area contributed by atoms with Crippen molar-refractivity contribution in [2.75, 3.05) is 6.61 Å². The molecule has 0 aromatic carbocycles. The largest absolute Gasteiger partial charge is 0.463 e. The minimum Gasteiger partial charge on any atom is -0.463 e. The first-order chi connectivity index (χ1) is 8.15. The van der Waals surface area contributed by atoms with Gasteiger partial charge in [-0.3, -0.25) is 0 Å². The summed E-state index contributed by atoms with van der Waals surface area (Å²) in [7, 11) is 0. The first kappa shape index (κ1) is 16.5. The molecule has 0 bridgehead atoms. The highest BCUT2D eigenvalue weighted by atomic mass is 16.6. The summed E-state index contributed by atoms with van der Waals surface area (Å²) in [6.07, 6.45) is 1.12. The Morgan fingerprint density at radius 2 is 1.89 bits per heavy atom. The van der Waals surface area contributed by atoms with Crippen LogP contribution in [0.2, 0.25) is 0 Å². The highest BCUT2D eigenvalue weighted by Crippen LogP contribution is 2.07. The fourth-order valence-electron chi connectivity index (χ4n) is 1.22. The third-order valence-electron chi connectivity index (χ3n) is 1.84. The van der Waals surface area contributed by atoms with Crippen LogP contribution in [0.5, 0.6) is 0 Å². The predicted molar refractivity (Wildman–Crippen MR) is 69.2 cm³/mol. The van der Waals surface area contributed by atoms with Crippen LogP contribution in [0, 0.1) is 0 Å². The molecule has 1 amide bonds. The maximum atomic E-state index is 11.5. The van der Waals surface area contributed by atoms with E-state index < -0.39 is 11.7 Å². The van der Waals surface area contributed by atoms with Crippen LogP contribution in [-0.2, 0) is 14.3 Å². The Morgan fingerprint density at radius 3 is 2.33 bits per heavy atom. The Labute approximate surface area is 109 Å². The number of alkyl carbamates (subject to hydrolysis) is 1. The summed E-state index contributed by atoms with van der Waals surface area (Å²) in [5.41, 5.74) is -0.0793. The Hall–Kier alpha value is -1.52. The molecule has 5 heteroatoms. The minimum absolute atomic E-state index is 0.302. The molecule has 0 spiro atoms. The lowest BCUT2D eigenvalue weighted by molar-refractivity contribution is -0.138. The second kappa shape index (κ2) is 7.03. The van der Waals surface area contributed by atoms with Gasteiger partial charge in [0.25, 0.3) is 0 Å². The van der Waals surface area contributed by atoms with Crippen molar-refractivity contribution in [1.82, 2.24) is 5.32 Å². The molecule has 104 valence electrons. The van der Waals surface area contributed by atoms with E-state index in [9.17, 15) is 9.59 Å². The summed E-state index contributed by atoms with van der Waals surface area (Å²) in [5, 5.41) is 2.62. The van der Waals surface area contributed by atoms with Crippen molar-refractivity contribution in [1.29, 1.82) is 0 Å². The molecular formula is C13H23NO4. The van der Waals surface area contributed by atoms with Crippen LogP contribution < -0.4 is 5.32 Å². The van der Waals surface area contributed by atoms with Crippen molar-refractivity contribution in [2.45, 2.75) is 53.2 Å². The minimum atomic E-state index is -0.538. The van der Waals surface area contributed by atoms with Gasteiger partial charge in [-0.15, -0.1) is 0 Å². The lowest BCUT2D eigenvalue weighted by atomic mass is 10.2. The van der Waals surface area contributed by atoms with E-state index in [1.54, 1.807) is 47.6 Å². The molecule has 1 atom stereocenters. The van der Waals surface area contributed by atoms with Crippen molar-refractivity contribution in [3.63, 3.8) is 0 Å². The molecule has 0 aliphatic heterocycles. The van der Waals surface area contributed by atoms with E-state index in [2.05, 4.69) is 5.32 Å². The molecule has 0 aliphatic rings. The predicted octanol–water partition coefficient (Wildman–Crippen LogP) is 2.41. The van der Waals surface area contributed by atoms with E-state index in [1.165, 1.54) is 0 Å². The van der Waals surface area contributed by atoms with Crippen LogP contribution >= 0.6 is 0 Å². The standard InChI is InChI=1S/C13H23NO4/c1-7-17-11(15)9(2)8-10(3)14-12(16)18-13(4,5)6/h8,10H,7H2,1-6H3,(H,14,16)/b9-8+/t10-/m1/s1. The third-order valence-corrected chi connectivity index (χ3v) is 1.84. The SMILES string of the molecule is CCOC(=O)/C(C)=C/[C@@H](C)NC(=O)OC(C)(C)C. The molecule has 0 rings (SSSR count). The number of esters is 1. The number of hydrogen-bond acceptors (Lipinski definition) is 4. The second-order valence-electron chi connectivity index (χ2n) is 5.01. The molecule has 0 unspecified atom stereocenters. The monoisotopic (exact) mass is 257 g/mol. The van der Waals surface area contributed by atoms with E-state index in [4.69, 9.17) is 9.47 Å². The van der Waals surface area contributed by atoms with Crippen molar-refractivity contribution in [3.05, 3.63) is 11.6 Å². The topological polar surface area (TPSA) is 64.6 Å². The van der Waals surface area contributed by atoms with Crippen LogP contribution in [0.25, 0.3) is 0 Å². The molecule has 0 aromatic heterocycles. The van der Waals surface area contributed by atoms with Gasteiger partial charge < -0.3 is 14.8 Å². The lowest BCUT2D eigenvalue weighted by Crippen LogP contribution is -2.37. The van der Waals surface area contributed by atoms with Gasteiger partial charge in [0.05, 0.1) is 6.61 Å². The molecule has 0 heterocycles. The Bertz CT molecular complexity index is 328. The van der Waals surface area contributed by atoms with E-state index in [1.807, 2.05) is 0 Å². The van der Waals surface area contributed by atoms with E-state index in [0.717, 1.165) is 0 Å². The van der Waals surface area contributed by atoms with Crippen LogP contribution in [0.3, 0.4) is 0 Å². The number of hydrogen-bond donors (Lipinski definition) is 1. The molecule has 0 aliphatic carbocycles. The fourth-order valence-corrected chi connectivity index (χ4v) is 1.22. The quantitative estimate of drug-likeness (QED) is 0.620. The molecule has 0 fully saturated rings. The van der Waals surface area contributed by atoms with Gasteiger partial charge in [-0.25, -0.2) is 9.59 Å². The summed E-state index contributed by atoms with van der Waals surface area (Å²) in [6, 6.07) is -0.302. The average molecular weight is 257 g/mol. The molecule has 0 radical (unpaired) electrons. The lowest BCUT2D eigenvalue weighted by Gasteiger charge is -2.21. The van der Waals surface area contributed by atoms with E-state index in [0.29, 0.717) is 12.2 Å². The van der Waals surface area contributed by atoms with E-state index >= 15 is 0 Å². The van der Waals surface area contributed by atoms with Crippen LogP contribution in [0.1, 0.15) is 41.5 Å². The molecular weight excluding hydrogens is 234 g/mol. The van der Waals surface area contributed by atoms with Gasteiger partial charge >= 0.3 is 12.1 Å². The zero-order chi connectivity index (χ0) is 14.3. The third kappa shape index (κ3) is 7.70. The van der Waals surface area contributed by atoms with Gasteiger partial charge in [0.15, 0.2) is 0 Å². The first-order valence-corrected chi connectivity index (χ1v) is 6.00. The summed E-state index contributed by atoms with van der Waals surface area (Å²) < 4.78 is 9.94. The Kier molecular flexibility index (Phi) is 6.44. The van der Waals surface area contributed by atoms with Gasteiger partial charge in [-0.1, -0.05) is 6.08 Å². The first-order valence-electron chi connectivity index (χ1n) is 6.00. The van der Waals surface area contributed by atoms with Gasteiger partial charge in [-0.05, 0) is 41.5 Å². The summed E-state index contributed by atoms with van der Waals surface area (Å²) in [6.45, 7) is 10.8. The van der Waals surface area contributed by atoms with Gasteiger partial charge in [0.2, 0.25) is 0 Å². The smallest absolute Gasteiger partial charge is 0.408 e. The van der Waals surface area contributed by atoms with Crippen LogP contribution in [-0.4, -0.2) is 30.3 Å². The number of nitrogens with one attached hydrogen (secondary N) is 1. The molecule has 18 heavy (non-hydrogen) atoms. The molecule has 5 nitrogen and oxygen atoms in total. The second-order valence-corrected chi connectivity index (χ2v) is 5.01. The van der Waals surface area contributed by atoms with Gasteiger partial charge in [-0.2, -0.15) is 0 Å². The van der Waals surface area contributed by atoms with Crippen molar-refractivity contribution in [3.8, 4) is 0 Å². The normalized spacial score (nSPS) is 13.8. The highest BCUT2D eigenvalue weighted by molar-refractivity contribution is 5.87. The molecule has 0 aromatic rings. The van der Waals surface area contributed by atoms with Crippen LogP contribution in [0.15, 0.2) is 11.6 Å². The van der Waals surface area contributed by atoms with Crippen molar-refractivity contribution >= 4 is 12.1 Å². The number of carbonyl (C=O) groups excluding carboxylic acids is 2. The zero-order valence-corrected chi connectivity index (χ0v) is 12.0. The van der Waals surface area contributed by atoms with Crippen molar-refractivity contribution in [2.24, 2.45) is 0 Å². The number of amides is 1. The van der Waals surface area contributed by atoms with Crippen molar-refractivity contribution < 1.29 is 19.1 Å². The zero-order valence-electron chi connectivity index (χ0n) is 12.0. The van der Waals surface area contributed by atoms with Gasteiger partial charge in [0.1, 0.15) is 5.60 Å². The highest BCUT2D eigenvalue weighted by Gasteiger charge is 2.17. The number of ether oxygens (including phenoxy) is 2. The van der Waals surface area contributed by atoms with Gasteiger partial charge in [0, 0.05) is 11.6 Å². The number of rotatable bonds is 4. The average Bonchev–Trinajstić information content (AvgIpc) is 2.13. The molecule has 0 saturated carbocycles. The Balaban J connectivity index is 4.33. The summed E-state index contributed by atoms with van der Waals surface area (Å²) >= 11 is 0. The molecule has 0 saturated heterocycles. The van der Waals surface area contributed by atoms with Crippen LogP contribution in [0.4, 0.5) is 4.79 Å². The Morgan fingerprint density at radius 1 is 1.33 bits per heavy atom.